The van der Waals surface area contributed by atoms with Crippen LogP contribution < -0.4 is 4.90 Å². The number of pyridine rings is 3. The third-order valence-electron chi connectivity index (χ3n) is 11.0. The molecule has 0 fully saturated rings. The summed E-state index contributed by atoms with van der Waals surface area (Å²) >= 11 is 0. The predicted molar refractivity (Wildman–Crippen MR) is 238 cm³/mol. The monoisotopic (exact) mass is 726 g/mol. The van der Waals surface area contributed by atoms with E-state index in [1.54, 1.807) is 0 Å². The Labute approximate surface area is 330 Å². The Balaban J connectivity index is 1.17. The summed E-state index contributed by atoms with van der Waals surface area (Å²) in [6.07, 6.45) is 0. The van der Waals surface area contributed by atoms with Crippen molar-refractivity contribution in [1.29, 1.82) is 0 Å². The largest absolute Gasteiger partial charge is 0.308 e. The molecule has 4 nitrogen and oxygen atoms in total. The minimum Gasteiger partial charge on any atom is -0.308 e. The van der Waals surface area contributed by atoms with Crippen LogP contribution in [-0.4, -0.2) is 15.0 Å². The molecule has 57 heavy (non-hydrogen) atoms. The van der Waals surface area contributed by atoms with Crippen LogP contribution in [0.3, 0.4) is 0 Å². The zero-order valence-electron chi connectivity index (χ0n) is 30.9. The Hall–Kier alpha value is -7.69. The second kappa shape index (κ2) is 13.6. The van der Waals surface area contributed by atoms with Crippen LogP contribution in [-0.2, 0) is 0 Å². The highest BCUT2D eigenvalue weighted by atomic mass is 15.1. The Kier molecular flexibility index (Phi) is 7.78. The minimum absolute atomic E-state index is 0.897. The lowest BCUT2D eigenvalue weighted by Gasteiger charge is -2.27. The molecular weight excluding hydrogens is 693 g/mol. The third kappa shape index (κ3) is 5.66. The smallest absolute Gasteiger partial charge is 0.0972 e. The number of anilines is 3. The molecule has 0 saturated heterocycles. The molecule has 8 aromatic carbocycles. The van der Waals surface area contributed by atoms with Gasteiger partial charge in [0.15, 0.2) is 0 Å². The van der Waals surface area contributed by atoms with Gasteiger partial charge in [-0.1, -0.05) is 158 Å². The minimum atomic E-state index is 0.897. The summed E-state index contributed by atoms with van der Waals surface area (Å²) in [6.45, 7) is 0. The zero-order valence-corrected chi connectivity index (χ0v) is 30.9. The van der Waals surface area contributed by atoms with Gasteiger partial charge in [-0.25, -0.2) is 15.0 Å². The summed E-state index contributed by atoms with van der Waals surface area (Å²) < 4.78 is 0. The highest BCUT2D eigenvalue weighted by Crippen LogP contribution is 2.44. The lowest BCUT2D eigenvalue weighted by atomic mass is 9.93. The van der Waals surface area contributed by atoms with Crippen molar-refractivity contribution < 1.29 is 0 Å². The Morgan fingerprint density at radius 2 is 0.842 bits per heavy atom. The van der Waals surface area contributed by atoms with E-state index in [9.17, 15) is 0 Å². The van der Waals surface area contributed by atoms with Gasteiger partial charge < -0.3 is 4.90 Å². The van der Waals surface area contributed by atoms with Crippen molar-refractivity contribution in [2.45, 2.75) is 0 Å². The van der Waals surface area contributed by atoms with Gasteiger partial charge in [0.1, 0.15) is 0 Å². The average Bonchev–Trinajstić information content (AvgIpc) is 3.29. The molecule has 266 valence electrons. The van der Waals surface area contributed by atoms with Gasteiger partial charge in [0.25, 0.3) is 0 Å². The Morgan fingerprint density at radius 3 is 1.47 bits per heavy atom. The summed E-state index contributed by atoms with van der Waals surface area (Å²) in [5.41, 5.74) is 11.9. The predicted octanol–water partition coefficient (Wildman–Crippen LogP) is 14.1. The standard InChI is InChI=1S/C53H34N4/c1-5-14-36(15-6-1)46-32-29-38-25-26-39-30-33-47(55-52(39)51(38)54-46)40-27-24-35-28-31-44-49(45(35)34-40)43-22-13-23-48(53(43)56-50(44)37-16-7-2-8-17-37)57(41-18-9-3-10-19-41)42-20-11-4-12-21-42/h1-34H. The van der Waals surface area contributed by atoms with Crippen LogP contribution in [0.25, 0.3) is 88.0 Å². The number of para-hydroxylation sites is 3. The molecule has 0 aliphatic rings. The molecular formula is C53H34N4. The number of benzene rings is 8. The van der Waals surface area contributed by atoms with Crippen LogP contribution in [0.1, 0.15) is 0 Å². The van der Waals surface area contributed by atoms with Gasteiger partial charge in [-0.3, -0.25) is 0 Å². The number of nitrogens with zero attached hydrogens (tertiary/aromatic N) is 4. The van der Waals surface area contributed by atoms with Crippen LogP contribution in [0.2, 0.25) is 0 Å². The zero-order chi connectivity index (χ0) is 37.7. The Morgan fingerprint density at radius 1 is 0.316 bits per heavy atom. The van der Waals surface area contributed by atoms with Crippen molar-refractivity contribution in [1.82, 2.24) is 15.0 Å². The van der Waals surface area contributed by atoms with Crippen molar-refractivity contribution in [2.75, 3.05) is 4.90 Å². The molecule has 0 atom stereocenters. The topological polar surface area (TPSA) is 41.9 Å². The average molecular weight is 727 g/mol. The molecule has 0 unspecified atom stereocenters. The van der Waals surface area contributed by atoms with Crippen LogP contribution >= 0.6 is 0 Å². The van der Waals surface area contributed by atoms with Gasteiger partial charge in [0.2, 0.25) is 0 Å². The molecule has 0 saturated carbocycles. The number of hydrogen-bond donors (Lipinski definition) is 0. The van der Waals surface area contributed by atoms with Gasteiger partial charge >= 0.3 is 0 Å². The van der Waals surface area contributed by atoms with E-state index in [4.69, 9.17) is 15.0 Å². The molecule has 11 rings (SSSR count). The quantitative estimate of drug-likeness (QED) is 0.160. The summed E-state index contributed by atoms with van der Waals surface area (Å²) in [6, 6.07) is 72.6. The first-order valence-electron chi connectivity index (χ1n) is 19.3. The number of rotatable bonds is 6. The van der Waals surface area contributed by atoms with Gasteiger partial charge in [-0.05, 0) is 59.3 Å². The highest BCUT2D eigenvalue weighted by Gasteiger charge is 2.20. The van der Waals surface area contributed by atoms with Crippen molar-refractivity contribution in [3.8, 4) is 33.8 Å². The summed E-state index contributed by atoms with van der Waals surface area (Å²) in [5.74, 6) is 0. The molecule has 0 amide bonds. The molecule has 0 spiro atoms. The van der Waals surface area contributed by atoms with E-state index < -0.39 is 0 Å². The first-order valence-corrected chi connectivity index (χ1v) is 19.3. The Bertz CT molecular complexity index is 3240. The van der Waals surface area contributed by atoms with Gasteiger partial charge in [0, 0.05) is 55.0 Å². The normalized spacial score (nSPS) is 11.5. The van der Waals surface area contributed by atoms with Crippen LogP contribution in [0.15, 0.2) is 206 Å². The molecule has 0 radical (unpaired) electrons. The van der Waals surface area contributed by atoms with Gasteiger partial charge in [0.05, 0.1) is 39.3 Å². The number of fused-ring (bicyclic) bond motifs is 8. The lowest BCUT2D eigenvalue weighted by Crippen LogP contribution is -2.11. The van der Waals surface area contributed by atoms with E-state index in [-0.39, 0.29) is 0 Å². The molecule has 0 bridgehead atoms. The molecule has 0 aliphatic heterocycles. The summed E-state index contributed by atoms with van der Waals surface area (Å²) in [4.78, 5) is 18.4. The van der Waals surface area contributed by atoms with Crippen molar-refractivity contribution in [3.63, 3.8) is 0 Å². The van der Waals surface area contributed by atoms with Crippen molar-refractivity contribution in [2.24, 2.45) is 0 Å². The first-order chi connectivity index (χ1) is 28.3. The maximum Gasteiger partial charge on any atom is 0.0972 e. The first kappa shape index (κ1) is 32.7. The van der Waals surface area contributed by atoms with Crippen LogP contribution in [0, 0.1) is 0 Å². The summed E-state index contributed by atoms with van der Waals surface area (Å²) in [7, 11) is 0. The fraction of sp³-hybridized carbons (Fsp3) is 0. The number of hydrogen-bond acceptors (Lipinski definition) is 4. The van der Waals surface area contributed by atoms with E-state index in [1.165, 1.54) is 5.39 Å². The van der Waals surface area contributed by atoms with Crippen molar-refractivity contribution in [3.05, 3.63) is 206 Å². The fourth-order valence-corrected chi connectivity index (χ4v) is 8.27. The molecule has 0 aliphatic carbocycles. The van der Waals surface area contributed by atoms with E-state index in [2.05, 4.69) is 205 Å². The van der Waals surface area contributed by atoms with Crippen LogP contribution in [0.4, 0.5) is 17.1 Å². The second-order valence-corrected chi connectivity index (χ2v) is 14.4. The molecule has 0 N–H and O–H groups in total. The maximum atomic E-state index is 5.56. The van der Waals surface area contributed by atoms with Gasteiger partial charge in [-0.2, -0.15) is 0 Å². The van der Waals surface area contributed by atoms with E-state index in [0.29, 0.717) is 0 Å². The maximum absolute atomic E-state index is 5.56. The van der Waals surface area contributed by atoms with Crippen molar-refractivity contribution >= 4 is 71.3 Å². The van der Waals surface area contributed by atoms with E-state index >= 15 is 0 Å². The molecule has 3 aromatic heterocycles. The molecule has 11 aromatic rings. The highest BCUT2D eigenvalue weighted by molar-refractivity contribution is 6.24. The second-order valence-electron chi connectivity index (χ2n) is 14.4. The summed E-state index contributed by atoms with van der Waals surface area (Å²) in [5, 5.41) is 7.82. The van der Waals surface area contributed by atoms with E-state index in [0.717, 1.165) is 99.7 Å². The van der Waals surface area contributed by atoms with Gasteiger partial charge in [-0.15, -0.1) is 0 Å². The SMILES string of the molecule is c1ccc(-c2ccc3ccc4ccc(-c5ccc6ccc7c(-c8ccccc8)nc8c(N(c9ccccc9)c9ccccc9)cccc8c7c6c5)nc4c3n2)cc1. The lowest BCUT2D eigenvalue weighted by molar-refractivity contribution is 1.28. The molecule has 4 heteroatoms. The fourth-order valence-electron chi connectivity index (χ4n) is 8.27. The van der Waals surface area contributed by atoms with E-state index in [1.807, 2.05) is 6.07 Å². The van der Waals surface area contributed by atoms with Crippen LogP contribution in [0.5, 0.6) is 0 Å². The number of aromatic nitrogens is 3. The molecule has 3 heterocycles. The third-order valence-corrected chi connectivity index (χ3v) is 11.0.